The first kappa shape index (κ1) is 26.2. The summed E-state index contributed by atoms with van der Waals surface area (Å²) >= 11 is 0. The van der Waals surface area contributed by atoms with Crippen LogP contribution in [0, 0.1) is 0 Å². The van der Waals surface area contributed by atoms with Crippen LogP contribution in [0.5, 0.6) is 17.2 Å². The second-order valence-corrected chi connectivity index (χ2v) is 9.73. The van der Waals surface area contributed by atoms with Crippen molar-refractivity contribution in [3.63, 3.8) is 0 Å². The first-order chi connectivity index (χ1) is 18.0. The molecule has 202 valence electrons. The van der Waals surface area contributed by atoms with Crippen molar-refractivity contribution in [3.05, 3.63) is 51.6 Å². The summed E-state index contributed by atoms with van der Waals surface area (Å²) in [6, 6.07) is 3.66. The van der Waals surface area contributed by atoms with Crippen LogP contribution < -0.4 is 10.5 Å². The van der Waals surface area contributed by atoms with Crippen molar-refractivity contribution in [2.75, 3.05) is 20.3 Å². The number of carbonyl (C=O) groups excluding carboxylic acids is 3. The third-order valence-corrected chi connectivity index (χ3v) is 7.47. The fourth-order valence-electron chi connectivity index (χ4n) is 5.45. The predicted molar refractivity (Wildman–Crippen MR) is 127 cm³/mol. The van der Waals surface area contributed by atoms with Crippen LogP contribution in [0.1, 0.15) is 61.9 Å². The zero-order chi connectivity index (χ0) is 27.5. The molecule has 1 heterocycles. The summed E-state index contributed by atoms with van der Waals surface area (Å²) in [5.74, 6) is -3.77. The smallest absolute Gasteiger partial charge is 0.202 e. The molecule has 0 spiro atoms. The highest BCUT2D eigenvalue weighted by Crippen LogP contribution is 2.52. The van der Waals surface area contributed by atoms with Gasteiger partial charge in [-0.05, 0) is 6.07 Å². The Morgan fingerprint density at radius 2 is 1.87 bits per heavy atom. The number of phenols is 2. The molecule has 12 heteroatoms. The number of benzene rings is 2. The molecule has 2 aromatic rings. The van der Waals surface area contributed by atoms with Crippen LogP contribution in [0.25, 0.3) is 0 Å². The van der Waals surface area contributed by atoms with Crippen LogP contribution >= 0.6 is 0 Å². The molecule has 1 fully saturated rings. The molecule has 5 atom stereocenters. The molecule has 1 unspecified atom stereocenters. The molecule has 1 saturated heterocycles. The summed E-state index contributed by atoms with van der Waals surface area (Å²) in [4.78, 5) is 39.6. The van der Waals surface area contributed by atoms with Crippen molar-refractivity contribution in [2.45, 2.75) is 49.4 Å². The number of hydrogen-bond acceptors (Lipinski definition) is 12. The van der Waals surface area contributed by atoms with Crippen molar-refractivity contribution in [1.29, 1.82) is 0 Å². The van der Waals surface area contributed by atoms with E-state index in [0.29, 0.717) is 0 Å². The van der Waals surface area contributed by atoms with Crippen LogP contribution in [-0.4, -0.2) is 87.2 Å². The van der Waals surface area contributed by atoms with E-state index in [2.05, 4.69) is 0 Å². The van der Waals surface area contributed by atoms with Gasteiger partial charge in [0.2, 0.25) is 5.78 Å². The molecule has 7 N–H and O–H groups in total. The lowest BCUT2D eigenvalue weighted by Crippen LogP contribution is -2.50. The second-order valence-electron chi connectivity index (χ2n) is 9.73. The van der Waals surface area contributed by atoms with Gasteiger partial charge in [-0.1, -0.05) is 12.1 Å². The Balaban J connectivity index is 1.69. The molecule has 1 aliphatic heterocycles. The molecule has 0 amide bonds. The van der Waals surface area contributed by atoms with Gasteiger partial charge < -0.3 is 45.5 Å². The first-order valence-corrected chi connectivity index (χ1v) is 12.0. The fourth-order valence-corrected chi connectivity index (χ4v) is 5.45. The molecule has 2 aliphatic carbocycles. The summed E-state index contributed by atoms with van der Waals surface area (Å²) in [7, 11) is 1.32. The Labute approximate surface area is 216 Å². The van der Waals surface area contributed by atoms with Gasteiger partial charge in [0.15, 0.2) is 17.9 Å². The minimum Gasteiger partial charge on any atom is -0.507 e. The van der Waals surface area contributed by atoms with Crippen molar-refractivity contribution < 1.29 is 54.1 Å². The third kappa shape index (κ3) is 3.88. The molecule has 0 bridgehead atoms. The largest absolute Gasteiger partial charge is 0.507 e. The summed E-state index contributed by atoms with van der Waals surface area (Å²) in [5.41, 5.74) is 2.30. The number of rotatable bonds is 5. The summed E-state index contributed by atoms with van der Waals surface area (Å²) < 4.78 is 16.7. The number of aliphatic hydroxyl groups excluding tert-OH is 2. The van der Waals surface area contributed by atoms with Crippen molar-refractivity contribution >= 4 is 17.3 Å². The summed E-state index contributed by atoms with van der Waals surface area (Å²) in [6.45, 7) is -1.17. The third-order valence-electron chi connectivity index (χ3n) is 7.47. The number of ketones is 3. The number of ether oxygens (including phenoxy) is 3. The van der Waals surface area contributed by atoms with Crippen molar-refractivity contribution in [2.24, 2.45) is 5.73 Å². The Kier molecular flexibility index (Phi) is 6.50. The molecule has 12 nitrogen and oxygen atoms in total. The van der Waals surface area contributed by atoms with Crippen molar-refractivity contribution in [3.8, 4) is 17.2 Å². The fraction of sp³-hybridized carbons (Fsp3) is 0.423. The van der Waals surface area contributed by atoms with Crippen LogP contribution in [0.4, 0.5) is 0 Å². The molecule has 0 radical (unpaired) electrons. The van der Waals surface area contributed by atoms with Gasteiger partial charge >= 0.3 is 0 Å². The van der Waals surface area contributed by atoms with E-state index in [9.17, 15) is 39.9 Å². The van der Waals surface area contributed by atoms with E-state index >= 15 is 0 Å². The molecule has 0 aromatic heterocycles. The maximum Gasteiger partial charge on any atom is 0.202 e. The molecular formula is C26H27NO11. The highest BCUT2D eigenvalue weighted by atomic mass is 16.7. The molecule has 2 aromatic carbocycles. The average Bonchev–Trinajstić information content (AvgIpc) is 2.90. The van der Waals surface area contributed by atoms with Crippen LogP contribution in [-0.2, 0) is 20.7 Å². The van der Waals surface area contributed by atoms with Crippen LogP contribution in [0.15, 0.2) is 18.2 Å². The number of phenolic OH excluding ortho intramolecular Hbond substituents is 2. The van der Waals surface area contributed by atoms with Crippen molar-refractivity contribution in [1.82, 2.24) is 0 Å². The number of aromatic hydroxyl groups is 2. The monoisotopic (exact) mass is 529 g/mol. The molecule has 0 saturated carbocycles. The SMILES string of the molecule is COc1cccc2c1C(=O)c1c(O)c3c(c(O)c1C2=O)C[C@@](O)(C(=O)CO)C[C@@H]3O[C@H]1C[C@@H](N)C(O)CO1. The van der Waals surface area contributed by atoms with Gasteiger partial charge in [0, 0.05) is 42.0 Å². The van der Waals surface area contributed by atoms with E-state index < -0.39 is 89.6 Å². The van der Waals surface area contributed by atoms with E-state index in [0.717, 1.165) is 0 Å². The van der Waals surface area contributed by atoms with Gasteiger partial charge in [0.25, 0.3) is 0 Å². The Bertz CT molecular complexity index is 1360. The first-order valence-electron chi connectivity index (χ1n) is 12.0. The number of carbonyl (C=O) groups is 3. The number of Topliss-reactive ketones (excluding diaryl/α,β-unsaturated/α-hetero) is 1. The number of fused-ring (bicyclic) bond motifs is 3. The van der Waals surface area contributed by atoms with E-state index in [4.69, 9.17) is 19.9 Å². The van der Waals surface area contributed by atoms with E-state index in [1.54, 1.807) is 0 Å². The highest BCUT2D eigenvalue weighted by molar-refractivity contribution is 6.31. The minimum atomic E-state index is -2.23. The zero-order valence-corrected chi connectivity index (χ0v) is 20.3. The lowest BCUT2D eigenvalue weighted by Gasteiger charge is -2.41. The Morgan fingerprint density at radius 1 is 1.16 bits per heavy atom. The number of nitrogens with two attached hydrogens (primary N) is 1. The van der Waals surface area contributed by atoms with Gasteiger partial charge in [-0.3, -0.25) is 14.4 Å². The number of methoxy groups -OCH3 is 1. The molecule has 5 rings (SSSR count). The normalized spacial score (nSPS) is 28.3. The summed E-state index contributed by atoms with van der Waals surface area (Å²) in [6.07, 6.45) is -4.31. The lowest BCUT2D eigenvalue weighted by molar-refractivity contribution is -0.223. The standard InChI is InChI=1S/C26H27NO11/c1-36-14-4-2-3-10-18(14)24(33)21-20(22(10)31)23(32)11-6-26(35,16(30)8-28)7-15(19(11)25(21)34)38-17-5-12(27)13(29)9-37-17/h2-4,12-13,15,17,28-29,32,34-35H,5-9,27H2,1H3/t12-,13?,15+,17+,26+/m1/s1. The zero-order valence-electron chi connectivity index (χ0n) is 20.3. The topological polar surface area (TPSA) is 206 Å². The molecule has 3 aliphatic rings. The van der Waals surface area contributed by atoms with Gasteiger partial charge in [-0.25, -0.2) is 0 Å². The second kappa shape index (κ2) is 9.42. The van der Waals surface area contributed by atoms with E-state index in [1.807, 2.05) is 0 Å². The van der Waals surface area contributed by atoms with E-state index in [1.165, 1.54) is 25.3 Å². The maximum atomic E-state index is 13.6. The Hall–Kier alpha value is -3.39. The predicted octanol–water partition coefficient (Wildman–Crippen LogP) is -0.387. The molecule has 38 heavy (non-hydrogen) atoms. The summed E-state index contributed by atoms with van der Waals surface area (Å²) in [5, 5.41) is 53.2. The maximum absolute atomic E-state index is 13.6. The number of aliphatic hydroxyl groups is 3. The number of hydrogen-bond donors (Lipinski definition) is 6. The van der Waals surface area contributed by atoms with Gasteiger partial charge in [-0.15, -0.1) is 0 Å². The van der Waals surface area contributed by atoms with Crippen LogP contribution in [0.3, 0.4) is 0 Å². The molecular weight excluding hydrogens is 502 g/mol. The Morgan fingerprint density at radius 3 is 2.53 bits per heavy atom. The van der Waals surface area contributed by atoms with E-state index in [-0.39, 0.29) is 41.0 Å². The average molecular weight is 529 g/mol. The lowest BCUT2D eigenvalue weighted by atomic mass is 9.72. The quantitative estimate of drug-likeness (QED) is 0.234. The minimum absolute atomic E-state index is 0.0268. The highest BCUT2D eigenvalue weighted by Gasteiger charge is 2.49. The van der Waals surface area contributed by atoms with Gasteiger partial charge in [0.1, 0.15) is 29.5 Å². The van der Waals surface area contributed by atoms with Crippen LogP contribution in [0.2, 0.25) is 0 Å². The van der Waals surface area contributed by atoms with Gasteiger partial charge in [0.05, 0.1) is 42.6 Å². The van der Waals surface area contributed by atoms with Gasteiger partial charge in [-0.2, -0.15) is 0 Å².